The Morgan fingerprint density at radius 1 is 1.21 bits per heavy atom. The zero-order valence-corrected chi connectivity index (χ0v) is 16.3. The molecule has 5 rings (SSSR count). The summed E-state index contributed by atoms with van der Waals surface area (Å²) in [6.45, 7) is 3.43. The highest BCUT2D eigenvalue weighted by Gasteiger charge is 2.51. The van der Waals surface area contributed by atoms with Crippen LogP contribution in [0.4, 0.5) is 5.82 Å². The minimum absolute atomic E-state index is 0.142. The molecule has 148 valence electrons. The van der Waals surface area contributed by atoms with Crippen LogP contribution in [-0.2, 0) is 10.2 Å². The van der Waals surface area contributed by atoms with E-state index in [1.807, 2.05) is 30.3 Å². The van der Waals surface area contributed by atoms with Gasteiger partial charge in [0.2, 0.25) is 5.91 Å². The first-order valence-electron chi connectivity index (χ1n) is 10.0. The monoisotopic (exact) mass is 389 g/mol. The predicted molar refractivity (Wildman–Crippen MR) is 108 cm³/mol. The molecule has 1 saturated heterocycles. The third kappa shape index (κ3) is 3.37. The van der Waals surface area contributed by atoms with Crippen molar-refractivity contribution in [2.24, 2.45) is 0 Å². The summed E-state index contributed by atoms with van der Waals surface area (Å²) >= 11 is 0. The minimum atomic E-state index is -0.323. The second kappa shape index (κ2) is 6.99. The van der Waals surface area contributed by atoms with Crippen molar-refractivity contribution in [3.05, 3.63) is 60.0 Å². The Kier molecular flexibility index (Phi) is 4.30. The van der Waals surface area contributed by atoms with Gasteiger partial charge in [0.25, 0.3) is 5.89 Å². The first kappa shape index (κ1) is 17.8. The van der Waals surface area contributed by atoms with Crippen molar-refractivity contribution in [2.45, 2.75) is 37.6 Å². The summed E-state index contributed by atoms with van der Waals surface area (Å²) in [7, 11) is 0. The van der Waals surface area contributed by atoms with Crippen LogP contribution in [0.3, 0.4) is 0 Å². The Morgan fingerprint density at radius 3 is 2.69 bits per heavy atom. The van der Waals surface area contributed by atoms with Crippen molar-refractivity contribution in [1.29, 1.82) is 0 Å². The van der Waals surface area contributed by atoms with Crippen LogP contribution < -0.4 is 10.2 Å². The molecule has 7 nitrogen and oxygen atoms in total. The number of aromatic nitrogens is 3. The van der Waals surface area contributed by atoms with E-state index in [1.165, 1.54) is 0 Å². The van der Waals surface area contributed by atoms with Gasteiger partial charge < -0.3 is 14.7 Å². The molecule has 0 spiro atoms. The van der Waals surface area contributed by atoms with Gasteiger partial charge in [-0.15, -0.1) is 0 Å². The van der Waals surface area contributed by atoms with Crippen molar-refractivity contribution in [3.63, 3.8) is 0 Å². The number of amides is 1. The Hall–Kier alpha value is -3.22. The molecule has 1 aromatic carbocycles. The predicted octanol–water partition coefficient (Wildman–Crippen LogP) is 2.87. The van der Waals surface area contributed by atoms with E-state index in [1.54, 1.807) is 13.1 Å². The summed E-state index contributed by atoms with van der Waals surface area (Å²) in [6, 6.07) is 14.2. The molecule has 0 bridgehead atoms. The van der Waals surface area contributed by atoms with E-state index in [4.69, 9.17) is 4.52 Å². The molecular formula is C22H23N5O2. The molecule has 2 fully saturated rings. The van der Waals surface area contributed by atoms with Crippen LogP contribution in [0.15, 0.2) is 53.2 Å². The molecule has 1 amide bonds. The van der Waals surface area contributed by atoms with E-state index in [2.05, 4.69) is 37.5 Å². The lowest BCUT2D eigenvalue weighted by atomic mass is 9.94. The highest BCUT2D eigenvalue weighted by Crippen LogP contribution is 2.48. The van der Waals surface area contributed by atoms with Gasteiger partial charge in [-0.2, -0.15) is 4.98 Å². The van der Waals surface area contributed by atoms with E-state index in [-0.39, 0.29) is 17.4 Å². The molecule has 1 aliphatic carbocycles. The number of benzene rings is 1. The smallest absolute Gasteiger partial charge is 0.259 e. The summed E-state index contributed by atoms with van der Waals surface area (Å²) < 4.78 is 5.19. The van der Waals surface area contributed by atoms with Gasteiger partial charge >= 0.3 is 0 Å². The summed E-state index contributed by atoms with van der Waals surface area (Å²) in [4.78, 5) is 23.9. The van der Waals surface area contributed by atoms with Gasteiger partial charge in [-0.05, 0) is 43.9 Å². The minimum Gasteiger partial charge on any atom is -0.354 e. The van der Waals surface area contributed by atoms with Crippen molar-refractivity contribution >= 4 is 11.7 Å². The highest BCUT2D eigenvalue weighted by molar-refractivity contribution is 5.91. The molecule has 3 aromatic rings. The maximum Gasteiger partial charge on any atom is 0.259 e. The Labute approximate surface area is 169 Å². The molecule has 29 heavy (non-hydrogen) atoms. The normalized spacial score (nSPS) is 19.9. The summed E-state index contributed by atoms with van der Waals surface area (Å²) in [6.07, 6.45) is 4.53. The second-order valence-corrected chi connectivity index (χ2v) is 7.91. The Balaban J connectivity index is 1.22. The number of aryl methyl sites for hydroxylation is 1. The topological polar surface area (TPSA) is 84.2 Å². The summed E-state index contributed by atoms with van der Waals surface area (Å²) in [5.41, 5.74) is 1.61. The SMILES string of the molecule is Cc1noc(-c2ccc(N3CCC(NC(=O)C4(c5ccccc5)CC4)C3)nc2)n1. The quantitative estimate of drug-likeness (QED) is 0.722. The van der Waals surface area contributed by atoms with Crippen molar-refractivity contribution < 1.29 is 9.32 Å². The van der Waals surface area contributed by atoms with Gasteiger partial charge in [-0.1, -0.05) is 35.5 Å². The van der Waals surface area contributed by atoms with Crippen molar-refractivity contribution in [2.75, 3.05) is 18.0 Å². The van der Waals surface area contributed by atoms with Crippen LogP contribution in [0.5, 0.6) is 0 Å². The largest absolute Gasteiger partial charge is 0.354 e. The Morgan fingerprint density at radius 2 is 2.03 bits per heavy atom. The van der Waals surface area contributed by atoms with E-state index in [0.29, 0.717) is 11.7 Å². The molecule has 1 saturated carbocycles. The number of nitrogens with one attached hydrogen (secondary N) is 1. The zero-order chi connectivity index (χ0) is 19.8. The van der Waals surface area contributed by atoms with Gasteiger partial charge in [-0.3, -0.25) is 4.79 Å². The third-order valence-corrected chi connectivity index (χ3v) is 5.88. The lowest BCUT2D eigenvalue weighted by Gasteiger charge is -2.21. The standard InChI is InChI=1S/C22H23N5O2/c1-15-24-20(29-26-15)16-7-8-19(23-13-16)27-12-9-18(14-27)25-21(28)22(10-11-22)17-5-3-2-4-6-17/h2-8,13,18H,9-12,14H2,1H3,(H,25,28). The number of carbonyl (C=O) groups is 1. The fourth-order valence-electron chi connectivity index (χ4n) is 4.05. The first-order chi connectivity index (χ1) is 14.1. The number of hydrogen-bond acceptors (Lipinski definition) is 6. The summed E-state index contributed by atoms with van der Waals surface area (Å²) in [5, 5.41) is 7.09. The number of nitrogens with zero attached hydrogens (tertiary/aromatic N) is 4. The van der Waals surface area contributed by atoms with Gasteiger partial charge in [0.1, 0.15) is 5.82 Å². The Bertz CT molecular complexity index is 1010. The van der Waals surface area contributed by atoms with Gasteiger partial charge in [0.05, 0.1) is 11.0 Å². The molecule has 0 radical (unpaired) electrons. The molecule has 7 heteroatoms. The number of pyridine rings is 1. The van der Waals surface area contributed by atoms with Crippen LogP contribution in [0.1, 0.15) is 30.7 Å². The number of carbonyl (C=O) groups excluding carboxylic acids is 1. The fourth-order valence-corrected chi connectivity index (χ4v) is 4.05. The number of hydrogen-bond donors (Lipinski definition) is 1. The second-order valence-electron chi connectivity index (χ2n) is 7.91. The van der Waals surface area contributed by atoms with E-state index < -0.39 is 0 Å². The third-order valence-electron chi connectivity index (χ3n) is 5.88. The van der Waals surface area contributed by atoms with Crippen LogP contribution >= 0.6 is 0 Å². The maximum absolute atomic E-state index is 13.0. The van der Waals surface area contributed by atoms with Gasteiger partial charge in [-0.25, -0.2) is 4.98 Å². The van der Waals surface area contributed by atoms with Gasteiger partial charge in [0.15, 0.2) is 5.82 Å². The molecule has 1 unspecified atom stereocenters. The van der Waals surface area contributed by atoms with Crippen molar-refractivity contribution in [3.8, 4) is 11.5 Å². The fraction of sp³-hybridized carbons (Fsp3) is 0.364. The first-order valence-corrected chi connectivity index (χ1v) is 10.0. The molecule has 1 N–H and O–H groups in total. The molecule has 2 aliphatic rings. The highest BCUT2D eigenvalue weighted by atomic mass is 16.5. The maximum atomic E-state index is 13.0. The van der Waals surface area contributed by atoms with Gasteiger partial charge in [0, 0.05) is 25.3 Å². The van der Waals surface area contributed by atoms with E-state index in [0.717, 1.165) is 49.3 Å². The molecular weight excluding hydrogens is 366 g/mol. The van der Waals surface area contributed by atoms with Crippen LogP contribution in [0, 0.1) is 6.92 Å². The van der Waals surface area contributed by atoms with Crippen LogP contribution in [0.2, 0.25) is 0 Å². The number of rotatable bonds is 5. The van der Waals surface area contributed by atoms with Crippen molar-refractivity contribution in [1.82, 2.24) is 20.4 Å². The molecule has 3 heterocycles. The molecule has 1 atom stereocenters. The summed E-state index contributed by atoms with van der Waals surface area (Å²) in [5.74, 6) is 2.13. The number of anilines is 1. The van der Waals surface area contributed by atoms with E-state index >= 15 is 0 Å². The zero-order valence-electron chi connectivity index (χ0n) is 16.3. The molecule has 2 aromatic heterocycles. The van der Waals surface area contributed by atoms with Crippen LogP contribution in [-0.4, -0.2) is 40.2 Å². The lowest BCUT2D eigenvalue weighted by molar-refractivity contribution is -0.124. The lowest BCUT2D eigenvalue weighted by Crippen LogP contribution is -2.43. The van der Waals surface area contributed by atoms with E-state index in [9.17, 15) is 4.79 Å². The van der Waals surface area contributed by atoms with Crippen LogP contribution in [0.25, 0.3) is 11.5 Å². The molecule has 1 aliphatic heterocycles. The average molecular weight is 389 g/mol. The average Bonchev–Trinajstić information content (AvgIpc) is 3.26.